The molecule has 0 radical (unpaired) electrons. The minimum atomic E-state index is -0.630. The summed E-state index contributed by atoms with van der Waals surface area (Å²) < 4.78 is 0. The van der Waals surface area contributed by atoms with E-state index in [0.29, 0.717) is 11.8 Å². The summed E-state index contributed by atoms with van der Waals surface area (Å²) in [6.45, 7) is 2.02. The summed E-state index contributed by atoms with van der Waals surface area (Å²) in [5.74, 6) is 0.480. The van der Waals surface area contributed by atoms with E-state index in [4.69, 9.17) is 0 Å². The van der Waals surface area contributed by atoms with Crippen molar-refractivity contribution in [2.75, 3.05) is 13.1 Å². The lowest BCUT2D eigenvalue weighted by Gasteiger charge is -2.38. The first-order chi connectivity index (χ1) is 8.77. The maximum atomic E-state index is 11.5. The molecule has 2 fully saturated rings. The number of hydrogen-bond acceptors (Lipinski definition) is 2. The average Bonchev–Trinajstić information content (AvgIpc) is 2.86. The summed E-state index contributed by atoms with van der Waals surface area (Å²) in [5.41, 5.74) is 1.20. The van der Waals surface area contributed by atoms with Gasteiger partial charge in [0.25, 0.3) is 0 Å². The Morgan fingerprint density at radius 1 is 1.17 bits per heavy atom. The Labute approximate surface area is 107 Å². The van der Waals surface area contributed by atoms with Crippen molar-refractivity contribution in [3.8, 4) is 0 Å². The standard InChI is InChI=1S/C15H19NO2/c17-15(18)12-7-6-11-8-16-9-13(11)14(12)10-4-2-1-3-5-10/h1-5,11-14,16H,6-9H2,(H,17,18)/t11-,12-,13-,14-/m0/s1. The molecule has 1 aliphatic carbocycles. The molecule has 18 heavy (non-hydrogen) atoms. The molecule has 3 heteroatoms. The van der Waals surface area contributed by atoms with E-state index in [1.807, 2.05) is 18.2 Å². The van der Waals surface area contributed by atoms with Crippen LogP contribution >= 0.6 is 0 Å². The quantitative estimate of drug-likeness (QED) is 0.839. The Hall–Kier alpha value is -1.35. The number of rotatable bonds is 2. The summed E-state index contributed by atoms with van der Waals surface area (Å²) >= 11 is 0. The summed E-state index contributed by atoms with van der Waals surface area (Å²) in [6.07, 6.45) is 1.87. The van der Waals surface area contributed by atoms with Crippen molar-refractivity contribution in [2.24, 2.45) is 17.8 Å². The SMILES string of the molecule is O=C(O)[C@H]1CC[C@H]2CNC[C@@H]2[C@H]1c1ccccc1. The molecule has 0 spiro atoms. The first-order valence-electron chi connectivity index (χ1n) is 6.76. The molecule has 1 aromatic carbocycles. The van der Waals surface area contributed by atoms with Crippen LogP contribution in [-0.2, 0) is 4.79 Å². The fraction of sp³-hybridized carbons (Fsp3) is 0.533. The molecule has 2 aliphatic rings. The lowest BCUT2D eigenvalue weighted by molar-refractivity contribution is -0.144. The molecule has 0 aromatic heterocycles. The van der Waals surface area contributed by atoms with Crippen LogP contribution in [0.2, 0.25) is 0 Å². The van der Waals surface area contributed by atoms with E-state index in [2.05, 4.69) is 17.4 Å². The fourth-order valence-corrected chi connectivity index (χ4v) is 3.79. The van der Waals surface area contributed by atoms with Crippen molar-refractivity contribution in [2.45, 2.75) is 18.8 Å². The van der Waals surface area contributed by atoms with Gasteiger partial charge in [-0.15, -0.1) is 0 Å². The van der Waals surface area contributed by atoms with E-state index in [0.717, 1.165) is 25.9 Å². The van der Waals surface area contributed by atoms with Crippen LogP contribution in [0.5, 0.6) is 0 Å². The highest BCUT2D eigenvalue weighted by molar-refractivity contribution is 5.71. The smallest absolute Gasteiger partial charge is 0.307 e. The molecule has 2 N–H and O–H groups in total. The van der Waals surface area contributed by atoms with Gasteiger partial charge in [-0.2, -0.15) is 0 Å². The molecule has 1 aromatic rings. The van der Waals surface area contributed by atoms with Gasteiger partial charge in [-0.1, -0.05) is 30.3 Å². The van der Waals surface area contributed by atoms with Crippen LogP contribution in [0.4, 0.5) is 0 Å². The van der Waals surface area contributed by atoms with E-state index < -0.39 is 5.97 Å². The van der Waals surface area contributed by atoms with Gasteiger partial charge in [-0.3, -0.25) is 4.79 Å². The molecule has 1 saturated heterocycles. The number of carbonyl (C=O) groups is 1. The van der Waals surface area contributed by atoms with Crippen LogP contribution in [0.3, 0.4) is 0 Å². The Morgan fingerprint density at radius 3 is 2.67 bits per heavy atom. The van der Waals surface area contributed by atoms with Gasteiger partial charge in [0.05, 0.1) is 5.92 Å². The van der Waals surface area contributed by atoms with Gasteiger partial charge >= 0.3 is 5.97 Å². The lowest BCUT2D eigenvalue weighted by atomic mass is 9.65. The Morgan fingerprint density at radius 2 is 1.94 bits per heavy atom. The van der Waals surface area contributed by atoms with Gasteiger partial charge < -0.3 is 10.4 Å². The van der Waals surface area contributed by atoms with Crippen molar-refractivity contribution >= 4 is 5.97 Å². The molecule has 4 atom stereocenters. The molecule has 0 bridgehead atoms. The van der Waals surface area contributed by atoms with Gasteiger partial charge in [-0.05, 0) is 43.3 Å². The topological polar surface area (TPSA) is 49.3 Å². The minimum Gasteiger partial charge on any atom is -0.481 e. The zero-order chi connectivity index (χ0) is 12.5. The Balaban J connectivity index is 1.96. The van der Waals surface area contributed by atoms with Gasteiger partial charge in [-0.25, -0.2) is 0 Å². The number of fused-ring (bicyclic) bond motifs is 1. The number of carboxylic acids is 1. The fourth-order valence-electron chi connectivity index (χ4n) is 3.79. The van der Waals surface area contributed by atoms with Crippen LogP contribution in [0.15, 0.2) is 30.3 Å². The van der Waals surface area contributed by atoms with Gasteiger partial charge in [0.1, 0.15) is 0 Å². The molecule has 0 amide bonds. The van der Waals surface area contributed by atoms with Crippen molar-refractivity contribution in [3.63, 3.8) is 0 Å². The monoisotopic (exact) mass is 245 g/mol. The van der Waals surface area contributed by atoms with Gasteiger partial charge in [0.15, 0.2) is 0 Å². The van der Waals surface area contributed by atoms with E-state index in [1.54, 1.807) is 0 Å². The molecule has 3 nitrogen and oxygen atoms in total. The van der Waals surface area contributed by atoms with Gasteiger partial charge in [0.2, 0.25) is 0 Å². The third kappa shape index (κ3) is 1.93. The van der Waals surface area contributed by atoms with Crippen molar-refractivity contribution in [3.05, 3.63) is 35.9 Å². The van der Waals surface area contributed by atoms with E-state index in [-0.39, 0.29) is 11.8 Å². The summed E-state index contributed by atoms with van der Waals surface area (Å²) in [7, 11) is 0. The van der Waals surface area contributed by atoms with E-state index >= 15 is 0 Å². The average molecular weight is 245 g/mol. The highest BCUT2D eigenvalue weighted by atomic mass is 16.4. The molecule has 1 saturated carbocycles. The number of nitrogens with one attached hydrogen (secondary N) is 1. The largest absolute Gasteiger partial charge is 0.481 e. The molecule has 3 rings (SSSR count). The zero-order valence-electron chi connectivity index (χ0n) is 10.4. The van der Waals surface area contributed by atoms with Crippen molar-refractivity contribution in [1.29, 1.82) is 0 Å². The highest BCUT2D eigenvalue weighted by Crippen LogP contribution is 2.46. The lowest BCUT2D eigenvalue weighted by Crippen LogP contribution is -2.36. The van der Waals surface area contributed by atoms with Crippen LogP contribution < -0.4 is 5.32 Å². The van der Waals surface area contributed by atoms with Gasteiger partial charge in [0, 0.05) is 5.92 Å². The highest BCUT2D eigenvalue weighted by Gasteiger charge is 2.44. The number of benzene rings is 1. The second-order valence-electron chi connectivity index (χ2n) is 5.54. The zero-order valence-corrected chi connectivity index (χ0v) is 10.4. The van der Waals surface area contributed by atoms with Crippen LogP contribution in [-0.4, -0.2) is 24.2 Å². The van der Waals surface area contributed by atoms with Crippen molar-refractivity contribution < 1.29 is 9.90 Å². The number of hydrogen-bond donors (Lipinski definition) is 2. The third-order valence-electron chi connectivity index (χ3n) is 4.64. The normalized spacial score (nSPS) is 35.1. The number of carboxylic acid groups (broad SMARTS) is 1. The predicted octanol–water partition coefficient (Wildman–Crippen LogP) is 2.10. The molecule has 0 unspecified atom stereocenters. The molecule has 1 heterocycles. The van der Waals surface area contributed by atoms with Crippen LogP contribution in [0, 0.1) is 17.8 Å². The molecule has 96 valence electrons. The maximum absolute atomic E-state index is 11.5. The van der Waals surface area contributed by atoms with Crippen LogP contribution in [0.1, 0.15) is 24.3 Å². The third-order valence-corrected chi connectivity index (χ3v) is 4.64. The summed E-state index contributed by atoms with van der Waals surface area (Å²) in [5, 5.41) is 12.9. The summed E-state index contributed by atoms with van der Waals surface area (Å²) in [4.78, 5) is 11.5. The Bertz CT molecular complexity index is 431. The molecule has 1 aliphatic heterocycles. The minimum absolute atomic E-state index is 0.178. The van der Waals surface area contributed by atoms with E-state index in [1.165, 1.54) is 5.56 Å². The van der Waals surface area contributed by atoms with Crippen LogP contribution in [0.25, 0.3) is 0 Å². The predicted molar refractivity (Wildman–Crippen MR) is 69.4 cm³/mol. The Kier molecular flexibility index (Phi) is 3.08. The molecular formula is C15H19NO2. The molecular weight excluding hydrogens is 226 g/mol. The van der Waals surface area contributed by atoms with E-state index in [9.17, 15) is 9.90 Å². The second-order valence-corrected chi connectivity index (χ2v) is 5.54. The summed E-state index contributed by atoms with van der Waals surface area (Å²) in [6, 6.07) is 10.2. The first-order valence-corrected chi connectivity index (χ1v) is 6.76. The van der Waals surface area contributed by atoms with Crippen molar-refractivity contribution in [1.82, 2.24) is 5.32 Å². The maximum Gasteiger partial charge on any atom is 0.307 e. The first kappa shape index (κ1) is 11.7. The number of aliphatic carboxylic acids is 1. The second kappa shape index (κ2) is 4.73.